The molecule has 0 aliphatic heterocycles. The van der Waals surface area contributed by atoms with Crippen molar-refractivity contribution in [2.75, 3.05) is 19.0 Å². The maximum absolute atomic E-state index is 11.7. The molecule has 2 N–H and O–H groups in total. The molecule has 1 unspecified atom stereocenters. The molecule has 4 nitrogen and oxygen atoms in total. The van der Waals surface area contributed by atoms with Crippen molar-refractivity contribution in [3.8, 4) is 0 Å². The lowest BCUT2D eigenvalue weighted by molar-refractivity contribution is 0.00542. The first-order chi connectivity index (χ1) is 6.85. The fourth-order valence-electron chi connectivity index (χ4n) is 1.28. The Labute approximate surface area is 88.8 Å². The highest BCUT2D eigenvalue weighted by atomic mass is 32.2. The minimum absolute atomic E-state index is 0.00854. The normalized spacial score (nSPS) is 14.5. The second-order valence-corrected chi connectivity index (χ2v) is 5.07. The predicted molar refractivity (Wildman–Crippen MR) is 53.2 cm³/mol. The monoisotopic (exact) mass is 245 g/mol. The summed E-state index contributed by atoms with van der Waals surface area (Å²) in [6, 6.07) is 0. The topological polar surface area (TPSA) is 69.4 Å². The Kier molecular flexibility index (Phi) is 6.95. The van der Waals surface area contributed by atoms with E-state index in [4.69, 9.17) is 5.14 Å². The van der Waals surface area contributed by atoms with Crippen LogP contribution in [0.25, 0.3) is 0 Å². The van der Waals surface area contributed by atoms with Crippen LogP contribution in [0.4, 0.5) is 8.78 Å². The molecule has 0 aliphatic carbocycles. The lowest BCUT2D eigenvalue weighted by Gasteiger charge is -2.14. The summed E-state index contributed by atoms with van der Waals surface area (Å²) in [7, 11) is -3.56. The first-order valence-corrected chi connectivity index (χ1v) is 6.43. The molecule has 0 saturated heterocycles. The zero-order chi connectivity index (χ0) is 11.9. The van der Waals surface area contributed by atoms with E-state index in [9.17, 15) is 17.2 Å². The minimum atomic E-state index is -3.56. The molecule has 0 aliphatic rings. The Morgan fingerprint density at radius 1 is 1.33 bits per heavy atom. The average Bonchev–Trinajstić information content (AvgIpc) is 2.00. The van der Waals surface area contributed by atoms with Crippen LogP contribution in [-0.2, 0) is 14.8 Å². The van der Waals surface area contributed by atoms with Crippen LogP contribution in [0.1, 0.15) is 19.8 Å². The third-order valence-corrected chi connectivity index (χ3v) is 2.70. The van der Waals surface area contributed by atoms with Gasteiger partial charge in [0.2, 0.25) is 10.0 Å². The smallest absolute Gasteiger partial charge is 0.261 e. The van der Waals surface area contributed by atoms with E-state index in [1.807, 2.05) is 6.92 Å². The summed E-state index contributed by atoms with van der Waals surface area (Å²) in [6.45, 7) is 1.22. The van der Waals surface area contributed by atoms with E-state index in [1.54, 1.807) is 0 Å². The first kappa shape index (κ1) is 14.7. The summed E-state index contributed by atoms with van der Waals surface area (Å²) < 4.78 is 49.7. The number of halogens is 2. The fourth-order valence-corrected chi connectivity index (χ4v) is 2.20. The molecule has 0 spiro atoms. The molecule has 7 heteroatoms. The van der Waals surface area contributed by atoms with Gasteiger partial charge in [0, 0.05) is 0 Å². The van der Waals surface area contributed by atoms with Gasteiger partial charge in [-0.2, -0.15) is 0 Å². The van der Waals surface area contributed by atoms with Crippen LogP contribution < -0.4 is 5.14 Å². The molecule has 0 aromatic heterocycles. The van der Waals surface area contributed by atoms with Crippen molar-refractivity contribution in [1.82, 2.24) is 0 Å². The largest absolute Gasteiger partial charge is 0.375 e. The van der Waals surface area contributed by atoms with E-state index in [1.165, 1.54) is 0 Å². The van der Waals surface area contributed by atoms with E-state index in [0.717, 1.165) is 6.42 Å². The average molecular weight is 245 g/mol. The Hall–Kier alpha value is -0.270. The summed E-state index contributed by atoms with van der Waals surface area (Å²) in [6.07, 6.45) is -1.17. The first-order valence-electron chi connectivity index (χ1n) is 4.71. The molecule has 0 rings (SSSR count). The van der Waals surface area contributed by atoms with Crippen LogP contribution in [0, 0.1) is 5.92 Å². The number of hydrogen-bond donors (Lipinski definition) is 1. The van der Waals surface area contributed by atoms with Gasteiger partial charge in [-0.05, 0) is 12.3 Å². The highest BCUT2D eigenvalue weighted by Gasteiger charge is 2.16. The van der Waals surface area contributed by atoms with Gasteiger partial charge in [-0.3, -0.25) is 0 Å². The van der Waals surface area contributed by atoms with Crippen molar-refractivity contribution >= 4 is 10.0 Å². The third kappa shape index (κ3) is 10.0. The molecule has 0 amide bonds. The van der Waals surface area contributed by atoms with Gasteiger partial charge in [-0.25, -0.2) is 22.3 Å². The summed E-state index contributed by atoms with van der Waals surface area (Å²) >= 11 is 0. The summed E-state index contributed by atoms with van der Waals surface area (Å²) in [4.78, 5) is 0. The van der Waals surface area contributed by atoms with Gasteiger partial charge < -0.3 is 4.74 Å². The molecule has 92 valence electrons. The van der Waals surface area contributed by atoms with Gasteiger partial charge in [0.1, 0.15) is 6.61 Å². The number of rotatable bonds is 8. The second-order valence-electron chi connectivity index (χ2n) is 3.41. The minimum Gasteiger partial charge on any atom is -0.375 e. The van der Waals surface area contributed by atoms with E-state index in [-0.39, 0.29) is 18.3 Å². The zero-order valence-electron chi connectivity index (χ0n) is 8.66. The molecule has 0 aromatic carbocycles. The molecule has 1 atom stereocenters. The Morgan fingerprint density at radius 2 is 1.93 bits per heavy atom. The van der Waals surface area contributed by atoms with Crippen molar-refractivity contribution in [1.29, 1.82) is 0 Å². The molecule has 15 heavy (non-hydrogen) atoms. The molecular formula is C8H17F2NO3S. The van der Waals surface area contributed by atoms with Crippen molar-refractivity contribution < 1.29 is 21.9 Å². The van der Waals surface area contributed by atoms with Crippen LogP contribution in [0.3, 0.4) is 0 Å². The maximum atomic E-state index is 11.7. The van der Waals surface area contributed by atoms with E-state index < -0.39 is 23.1 Å². The van der Waals surface area contributed by atoms with Crippen molar-refractivity contribution in [2.24, 2.45) is 11.1 Å². The number of primary sulfonamides is 1. The highest BCUT2D eigenvalue weighted by Crippen LogP contribution is 2.09. The van der Waals surface area contributed by atoms with Crippen LogP contribution in [0.2, 0.25) is 0 Å². The van der Waals surface area contributed by atoms with Gasteiger partial charge in [0.25, 0.3) is 6.43 Å². The summed E-state index contributed by atoms with van der Waals surface area (Å²) in [5.41, 5.74) is 0. The molecular weight excluding hydrogens is 228 g/mol. The predicted octanol–water partition coefficient (Wildman–Crippen LogP) is 0.973. The molecule has 0 saturated carbocycles. The lowest BCUT2D eigenvalue weighted by atomic mass is 10.1. The zero-order valence-corrected chi connectivity index (χ0v) is 9.47. The Balaban J connectivity index is 3.94. The number of alkyl halides is 2. The quantitative estimate of drug-likeness (QED) is 0.692. The Bertz CT molecular complexity index is 257. The number of sulfonamides is 1. The maximum Gasteiger partial charge on any atom is 0.261 e. The number of nitrogens with two attached hydrogens (primary N) is 1. The highest BCUT2D eigenvalue weighted by molar-refractivity contribution is 7.89. The number of hydrogen-bond acceptors (Lipinski definition) is 3. The van der Waals surface area contributed by atoms with Crippen LogP contribution >= 0.6 is 0 Å². The fraction of sp³-hybridized carbons (Fsp3) is 1.00. The van der Waals surface area contributed by atoms with Gasteiger partial charge in [0.15, 0.2) is 0 Å². The van der Waals surface area contributed by atoms with Gasteiger partial charge in [-0.1, -0.05) is 13.3 Å². The Morgan fingerprint density at radius 3 is 2.33 bits per heavy atom. The molecule has 0 fully saturated rings. The molecule has 0 radical (unpaired) electrons. The van der Waals surface area contributed by atoms with Gasteiger partial charge >= 0.3 is 0 Å². The van der Waals surface area contributed by atoms with Crippen molar-refractivity contribution in [3.05, 3.63) is 0 Å². The van der Waals surface area contributed by atoms with E-state index >= 15 is 0 Å². The standard InChI is InChI=1S/C8H17F2NO3S/c1-2-3-7(6-15(11,12)13)4-14-5-8(9)10/h7-8H,2-6H2,1H3,(H2,11,12,13). The molecule has 0 heterocycles. The van der Waals surface area contributed by atoms with Gasteiger partial charge in [-0.15, -0.1) is 0 Å². The number of ether oxygens (including phenoxy) is 1. The summed E-state index contributed by atoms with van der Waals surface area (Å²) in [5, 5.41) is 4.87. The van der Waals surface area contributed by atoms with Crippen LogP contribution in [0.15, 0.2) is 0 Å². The van der Waals surface area contributed by atoms with Crippen molar-refractivity contribution in [3.63, 3.8) is 0 Å². The third-order valence-electron chi connectivity index (χ3n) is 1.76. The SMILES string of the molecule is CCCC(COCC(F)F)CS(N)(=O)=O. The molecule has 0 bridgehead atoms. The van der Waals surface area contributed by atoms with Crippen LogP contribution in [0.5, 0.6) is 0 Å². The van der Waals surface area contributed by atoms with E-state index in [0.29, 0.717) is 6.42 Å². The summed E-state index contributed by atoms with van der Waals surface area (Å²) in [5.74, 6) is -0.520. The molecule has 0 aromatic rings. The van der Waals surface area contributed by atoms with Crippen LogP contribution in [-0.4, -0.2) is 33.8 Å². The second kappa shape index (κ2) is 7.08. The van der Waals surface area contributed by atoms with Gasteiger partial charge in [0.05, 0.1) is 12.4 Å². The van der Waals surface area contributed by atoms with E-state index in [2.05, 4.69) is 4.74 Å². The lowest BCUT2D eigenvalue weighted by Crippen LogP contribution is -2.26. The van der Waals surface area contributed by atoms with Crippen molar-refractivity contribution in [2.45, 2.75) is 26.2 Å².